The summed E-state index contributed by atoms with van der Waals surface area (Å²) < 4.78 is 5.80. The summed E-state index contributed by atoms with van der Waals surface area (Å²) in [7, 11) is 0. The number of para-hydroxylation sites is 3. The fourth-order valence-corrected chi connectivity index (χ4v) is 3.97. The van der Waals surface area contributed by atoms with Crippen LogP contribution < -0.4 is 16.2 Å². The molecule has 0 radical (unpaired) electrons. The zero-order chi connectivity index (χ0) is 20.8. The first kappa shape index (κ1) is 17.5. The van der Waals surface area contributed by atoms with Gasteiger partial charge in [-0.1, -0.05) is 60.7 Å². The molecule has 3 aromatic carbocycles. The van der Waals surface area contributed by atoms with Crippen molar-refractivity contribution in [2.24, 2.45) is 4.99 Å². The number of aromatic nitrogens is 2. The number of H-pyrrole nitrogens is 1. The molecule has 7 heteroatoms. The van der Waals surface area contributed by atoms with Gasteiger partial charge in [-0.05, 0) is 23.8 Å². The van der Waals surface area contributed by atoms with Gasteiger partial charge in [0.05, 0.1) is 16.8 Å². The molecule has 0 aliphatic carbocycles. The zero-order valence-corrected chi connectivity index (χ0v) is 16.3. The third-order valence-corrected chi connectivity index (χ3v) is 5.37. The molecule has 2 aromatic heterocycles. The Balaban J connectivity index is 1.51. The number of guanidine groups is 1. The Labute approximate surface area is 176 Å². The molecule has 0 fully saturated rings. The Morgan fingerprint density at radius 1 is 0.903 bits per heavy atom. The number of fused-ring (bicyclic) bond motifs is 4. The largest absolute Gasteiger partial charge is 0.423 e. The van der Waals surface area contributed by atoms with Gasteiger partial charge in [-0.2, -0.15) is 4.98 Å². The lowest BCUT2D eigenvalue weighted by atomic mass is 9.96. The van der Waals surface area contributed by atoms with Gasteiger partial charge in [0.25, 0.3) is 5.56 Å². The monoisotopic (exact) mass is 407 g/mol. The van der Waals surface area contributed by atoms with Gasteiger partial charge in [-0.25, -0.2) is 4.99 Å². The number of benzene rings is 3. The van der Waals surface area contributed by atoms with Crippen molar-refractivity contribution < 1.29 is 4.42 Å². The van der Waals surface area contributed by atoms with E-state index in [1.54, 1.807) is 0 Å². The van der Waals surface area contributed by atoms with Crippen LogP contribution in [-0.2, 0) is 0 Å². The number of aliphatic imine (C=N–C) groups is 1. The SMILES string of the molecule is O=c1[nH]c2ccccc2c2c1C(c1ccccc1)N=C(Nc1nc3ccccc3o1)N2. The summed E-state index contributed by atoms with van der Waals surface area (Å²) in [6.45, 7) is 0. The van der Waals surface area contributed by atoms with Crippen LogP contribution in [0.15, 0.2) is 93.1 Å². The first-order valence-corrected chi connectivity index (χ1v) is 9.93. The summed E-state index contributed by atoms with van der Waals surface area (Å²) in [5, 5.41) is 7.34. The van der Waals surface area contributed by atoms with Crippen molar-refractivity contribution in [3.63, 3.8) is 0 Å². The molecule has 1 unspecified atom stereocenters. The summed E-state index contributed by atoms with van der Waals surface area (Å²) in [4.78, 5) is 25.3. The molecule has 3 N–H and O–H groups in total. The zero-order valence-electron chi connectivity index (χ0n) is 16.3. The standard InChI is InChI=1S/C24H17N5O2/c30-22-19-20(14-8-2-1-3-9-14)27-23(28-21(19)15-10-4-5-11-16(15)25-22)29-24-26-17-12-6-7-13-18(17)31-24/h1-13,20H,(H,25,30)(H2,26,27,28,29). The molecular formula is C24H17N5O2. The number of pyridine rings is 1. The minimum atomic E-state index is -0.474. The average Bonchev–Trinajstić information content (AvgIpc) is 3.21. The van der Waals surface area contributed by atoms with Gasteiger partial charge >= 0.3 is 6.01 Å². The molecule has 0 amide bonds. The van der Waals surface area contributed by atoms with Crippen molar-refractivity contribution in [3.05, 3.63) is 100 Å². The molecule has 0 saturated carbocycles. The topological polar surface area (TPSA) is 95.3 Å². The van der Waals surface area contributed by atoms with E-state index in [0.29, 0.717) is 23.1 Å². The van der Waals surface area contributed by atoms with Crippen LogP contribution in [-0.4, -0.2) is 15.9 Å². The molecule has 31 heavy (non-hydrogen) atoms. The summed E-state index contributed by atoms with van der Waals surface area (Å²) in [5.41, 5.74) is 4.25. The maximum Gasteiger partial charge on any atom is 0.302 e. The Morgan fingerprint density at radius 2 is 1.68 bits per heavy atom. The van der Waals surface area contributed by atoms with Crippen molar-refractivity contribution in [2.75, 3.05) is 10.6 Å². The lowest BCUT2D eigenvalue weighted by molar-refractivity contribution is 0.624. The highest BCUT2D eigenvalue weighted by Crippen LogP contribution is 2.36. The molecule has 5 aromatic rings. The smallest absolute Gasteiger partial charge is 0.302 e. The van der Waals surface area contributed by atoms with E-state index in [-0.39, 0.29) is 5.56 Å². The van der Waals surface area contributed by atoms with Crippen LogP contribution in [0.3, 0.4) is 0 Å². The van der Waals surface area contributed by atoms with Crippen LogP contribution in [0.25, 0.3) is 22.0 Å². The van der Waals surface area contributed by atoms with E-state index in [4.69, 9.17) is 9.41 Å². The van der Waals surface area contributed by atoms with Crippen LogP contribution in [0.2, 0.25) is 0 Å². The van der Waals surface area contributed by atoms with Crippen molar-refractivity contribution in [1.29, 1.82) is 0 Å². The number of rotatable bonds is 2. The number of hydrogen-bond donors (Lipinski definition) is 3. The first-order chi connectivity index (χ1) is 15.3. The van der Waals surface area contributed by atoms with Crippen molar-refractivity contribution in [3.8, 4) is 0 Å². The Kier molecular flexibility index (Phi) is 3.86. The Morgan fingerprint density at radius 3 is 2.55 bits per heavy atom. The lowest BCUT2D eigenvalue weighted by Gasteiger charge is -2.25. The second kappa shape index (κ2) is 6.84. The highest BCUT2D eigenvalue weighted by Gasteiger charge is 2.28. The molecule has 0 saturated heterocycles. The third kappa shape index (κ3) is 2.95. The summed E-state index contributed by atoms with van der Waals surface area (Å²) >= 11 is 0. The number of hydrogen-bond acceptors (Lipinski definition) is 6. The summed E-state index contributed by atoms with van der Waals surface area (Å²) in [6, 6.07) is 24.9. The van der Waals surface area contributed by atoms with E-state index in [1.165, 1.54) is 0 Å². The minimum Gasteiger partial charge on any atom is -0.423 e. The Hall–Kier alpha value is -4.39. The molecular weight excluding hydrogens is 390 g/mol. The second-order valence-corrected chi connectivity index (χ2v) is 7.32. The van der Waals surface area contributed by atoms with Gasteiger partial charge in [0.1, 0.15) is 11.6 Å². The van der Waals surface area contributed by atoms with Gasteiger partial charge < -0.3 is 14.7 Å². The van der Waals surface area contributed by atoms with Crippen LogP contribution in [0.4, 0.5) is 11.7 Å². The van der Waals surface area contributed by atoms with Crippen LogP contribution in [0.5, 0.6) is 0 Å². The highest BCUT2D eigenvalue weighted by molar-refractivity contribution is 6.10. The number of nitrogens with one attached hydrogen (secondary N) is 3. The van der Waals surface area contributed by atoms with Gasteiger partial charge in [-0.15, -0.1) is 0 Å². The molecule has 150 valence electrons. The van der Waals surface area contributed by atoms with E-state index in [1.807, 2.05) is 78.9 Å². The van der Waals surface area contributed by atoms with Crippen LogP contribution in [0, 0.1) is 0 Å². The molecule has 1 atom stereocenters. The second-order valence-electron chi connectivity index (χ2n) is 7.32. The summed E-state index contributed by atoms with van der Waals surface area (Å²) in [6.07, 6.45) is 0. The number of nitrogens with zero attached hydrogens (tertiary/aromatic N) is 2. The number of anilines is 2. The number of oxazole rings is 1. The van der Waals surface area contributed by atoms with E-state index < -0.39 is 6.04 Å². The van der Waals surface area contributed by atoms with Gasteiger partial charge in [-0.3, -0.25) is 10.1 Å². The molecule has 6 rings (SSSR count). The molecule has 7 nitrogen and oxygen atoms in total. The average molecular weight is 407 g/mol. The normalized spacial score (nSPS) is 15.4. The molecule has 1 aliphatic rings. The minimum absolute atomic E-state index is 0.167. The van der Waals surface area contributed by atoms with Gasteiger partial charge in [0.15, 0.2) is 5.58 Å². The lowest BCUT2D eigenvalue weighted by Crippen LogP contribution is -2.32. The fraction of sp³-hybridized carbons (Fsp3) is 0.0417. The Bertz CT molecular complexity index is 1480. The van der Waals surface area contributed by atoms with Crippen molar-refractivity contribution >= 4 is 39.7 Å². The van der Waals surface area contributed by atoms with Crippen molar-refractivity contribution in [2.45, 2.75) is 6.04 Å². The first-order valence-electron chi connectivity index (χ1n) is 9.93. The quantitative estimate of drug-likeness (QED) is 0.396. The maximum atomic E-state index is 13.0. The van der Waals surface area contributed by atoms with Gasteiger partial charge in [0, 0.05) is 5.39 Å². The van der Waals surface area contributed by atoms with E-state index in [9.17, 15) is 4.79 Å². The third-order valence-electron chi connectivity index (χ3n) is 5.37. The van der Waals surface area contributed by atoms with Gasteiger partial charge in [0.2, 0.25) is 5.96 Å². The molecule has 0 spiro atoms. The fourth-order valence-electron chi connectivity index (χ4n) is 3.97. The van der Waals surface area contributed by atoms with E-state index in [2.05, 4.69) is 20.6 Å². The molecule has 1 aliphatic heterocycles. The van der Waals surface area contributed by atoms with Crippen LogP contribution >= 0.6 is 0 Å². The molecule has 3 heterocycles. The predicted molar refractivity (Wildman–Crippen MR) is 122 cm³/mol. The molecule has 0 bridgehead atoms. The van der Waals surface area contributed by atoms with E-state index in [0.717, 1.165) is 27.7 Å². The number of aromatic amines is 1. The predicted octanol–water partition coefficient (Wildman–Crippen LogP) is 4.65. The van der Waals surface area contributed by atoms with Crippen LogP contribution in [0.1, 0.15) is 17.2 Å². The van der Waals surface area contributed by atoms with Crippen molar-refractivity contribution in [1.82, 2.24) is 9.97 Å². The summed E-state index contributed by atoms with van der Waals surface area (Å²) in [5.74, 6) is 0.462. The van der Waals surface area contributed by atoms with E-state index >= 15 is 0 Å². The highest BCUT2D eigenvalue weighted by atomic mass is 16.4. The maximum absolute atomic E-state index is 13.0.